The number of aliphatic hydroxyl groups excluding tert-OH is 1. The highest BCUT2D eigenvalue weighted by atomic mass is 16.3. The van der Waals surface area contributed by atoms with Gasteiger partial charge in [0.05, 0.1) is 11.7 Å². The van der Waals surface area contributed by atoms with Crippen LogP contribution in [0.2, 0.25) is 0 Å². The molecule has 0 radical (unpaired) electrons. The van der Waals surface area contributed by atoms with Crippen molar-refractivity contribution < 1.29 is 10.2 Å². The molecule has 1 rings (SSSR count). The summed E-state index contributed by atoms with van der Waals surface area (Å²) in [6.45, 7) is 4.18. The van der Waals surface area contributed by atoms with E-state index in [1.165, 1.54) is 12.8 Å². The summed E-state index contributed by atoms with van der Waals surface area (Å²) in [5.41, 5.74) is -0.801. The molecule has 90 valence electrons. The molecule has 1 aliphatic carbocycles. The zero-order valence-electron chi connectivity index (χ0n) is 10.2. The summed E-state index contributed by atoms with van der Waals surface area (Å²) in [7, 11) is 0. The van der Waals surface area contributed by atoms with Gasteiger partial charge in [0.1, 0.15) is 0 Å². The lowest BCUT2D eigenvalue weighted by atomic mass is 9.81. The summed E-state index contributed by atoms with van der Waals surface area (Å²) in [5.74, 6) is 0.220. The maximum atomic E-state index is 10.5. The van der Waals surface area contributed by atoms with Gasteiger partial charge in [-0.05, 0) is 25.2 Å². The first kappa shape index (κ1) is 13.0. The predicted molar refractivity (Wildman–Crippen MR) is 62.7 cm³/mol. The fraction of sp³-hybridized carbons (Fsp3) is 1.00. The summed E-state index contributed by atoms with van der Waals surface area (Å²) in [6, 6.07) is 0. The molecule has 1 aliphatic rings. The molecule has 0 bridgehead atoms. The van der Waals surface area contributed by atoms with Gasteiger partial charge in [0.2, 0.25) is 0 Å². The molecule has 2 nitrogen and oxygen atoms in total. The Balaban J connectivity index is 2.56. The van der Waals surface area contributed by atoms with E-state index in [0.29, 0.717) is 0 Å². The lowest BCUT2D eigenvalue weighted by Gasteiger charge is -2.35. The van der Waals surface area contributed by atoms with E-state index in [9.17, 15) is 10.2 Å². The average Bonchev–Trinajstić information content (AvgIpc) is 2.43. The Labute approximate surface area is 93.7 Å². The fourth-order valence-corrected chi connectivity index (χ4v) is 2.78. The van der Waals surface area contributed by atoms with Crippen LogP contribution in [0.15, 0.2) is 0 Å². The molecule has 2 atom stereocenters. The van der Waals surface area contributed by atoms with Crippen LogP contribution in [0.4, 0.5) is 0 Å². The molecular weight excluding hydrogens is 188 g/mol. The molecule has 2 N–H and O–H groups in total. The molecule has 0 aromatic rings. The predicted octanol–water partition coefficient (Wildman–Crippen LogP) is 2.87. The van der Waals surface area contributed by atoms with Crippen LogP contribution < -0.4 is 0 Å². The first-order valence-corrected chi connectivity index (χ1v) is 6.50. The Morgan fingerprint density at radius 1 is 1.13 bits per heavy atom. The maximum absolute atomic E-state index is 10.5. The lowest BCUT2D eigenvalue weighted by Crippen LogP contribution is -2.45. The Morgan fingerprint density at radius 2 is 1.67 bits per heavy atom. The molecule has 0 aliphatic heterocycles. The van der Waals surface area contributed by atoms with Crippen molar-refractivity contribution >= 4 is 0 Å². The second kappa shape index (κ2) is 5.86. The standard InChI is InChI=1S/C13H26O2/c1-3-8-11(2)12(14)13(15)9-6-4-5-7-10-13/h11-12,14-15H,3-10H2,1-2H3. The molecule has 0 amide bonds. The van der Waals surface area contributed by atoms with E-state index >= 15 is 0 Å². The Kier molecular flexibility index (Phi) is 5.07. The van der Waals surface area contributed by atoms with Crippen molar-refractivity contribution in [2.24, 2.45) is 5.92 Å². The minimum absolute atomic E-state index is 0.220. The van der Waals surface area contributed by atoms with E-state index in [1.54, 1.807) is 0 Å². The molecule has 15 heavy (non-hydrogen) atoms. The first-order chi connectivity index (χ1) is 7.10. The molecule has 2 unspecified atom stereocenters. The van der Waals surface area contributed by atoms with Crippen LogP contribution in [0, 0.1) is 5.92 Å². The quantitative estimate of drug-likeness (QED) is 0.706. The minimum Gasteiger partial charge on any atom is -0.390 e. The molecule has 0 heterocycles. The van der Waals surface area contributed by atoms with Crippen LogP contribution in [0.5, 0.6) is 0 Å². The van der Waals surface area contributed by atoms with Crippen molar-refractivity contribution in [1.82, 2.24) is 0 Å². The first-order valence-electron chi connectivity index (χ1n) is 6.50. The van der Waals surface area contributed by atoms with Crippen LogP contribution >= 0.6 is 0 Å². The van der Waals surface area contributed by atoms with Crippen molar-refractivity contribution in [2.45, 2.75) is 76.9 Å². The summed E-state index contributed by atoms with van der Waals surface area (Å²) >= 11 is 0. The van der Waals surface area contributed by atoms with Gasteiger partial charge in [-0.3, -0.25) is 0 Å². The van der Waals surface area contributed by atoms with Crippen LogP contribution in [0.3, 0.4) is 0 Å². The second-order valence-corrected chi connectivity index (χ2v) is 5.23. The van der Waals surface area contributed by atoms with Gasteiger partial charge in [-0.15, -0.1) is 0 Å². The summed E-state index contributed by atoms with van der Waals surface area (Å²) in [6.07, 6.45) is 7.64. The normalized spacial score (nSPS) is 25.6. The number of hydrogen-bond acceptors (Lipinski definition) is 2. The summed E-state index contributed by atoms with van der Waals surface area (Å²) < 4.78 is 0. The van der Waals surface area contributed by atoms with Gasteiger partial charge < -0.3 is 10.2 Å². The Morgan fingerprint density at radius 3 is 2.13 bits per heavy atom. The molecule has 2 heteroatoms. The SMILES string of the molecule is CCCC(C)C(O)C1(O)CCCCCC1. The van der Waals surface area contributed by atoms with E-state index in [-0.39, 0.29) is 5.92 Å². The second-order valence-electron chi connectivity index (χ2n) is 5.23. The van der Waals surface area contributed by atoms with Crippen molar-refractivity contribution in [3.05, 3.63) is 0 Å². The smallest absolute Gasteiger partial charge is 0.0908 e. The monoisotopic (exact) mass is 214 g/mol. The third kappa shape index (κ3) is 3.46. The zero-order valence-corrected chi connectivity index (χ0v) is 10.2. The molecule has 0 saturated heterocycles. The molecule has 1 fully saturated rings. The highest BCUT2D eigenvalue weighted by Gasteiger charge is 2.38. The summed E-state index contributed by atoms with van der Waals surface area (Å²) in [5, 5.41) is 20.7. The van der Waals surface area contributed by atoms with Gasteiger partial charge in [-0.25, -0.2) is 0 Å². The van der Waals surface area contributed by atoms with Gasteiger partial charge in [-0.1, -0.05) is 46.0 Å². The molecular formula is C13H26O2. The lowest BCUT2D eigenvalue weighted by molar-refractivity contribution is -0.107. The average molecular weight is 214 g/mol. The van der Waals surface area contributed by atoms with Crippen LogP contribution in [-0.2, 0) is 0 Å². The largest absolute Gasteiger partial charge is 0.390 e. The topological polar surface area (TPSA) is 40.5 Å². The van der Waals surface area contributed by atoms with Crippen molar-refractivity contribution in [1.29, 1.82) is 0 Å². The van der Waals surface area contributed by atoms with Crippen LogP contribution in [0.25, 0.3) is 0 Å². The third-order valence-corrected chi connectivity index (χ3v) is 3.80. The number of aliphatic hydroxyl groups is 2. The zero-order chi connectivity index (χ0) is 11.3. The van der Waals surface area contributed by atoms with Crippen molar-refractivity contribution in [3.63, 3.8) is 0 Å². The van der Waals surface area contributed by atoms with Crippen molar-refractivity contribution in [2.75, 3.05) is 0 Å². The van der Waals surface area contributed by atoms with E-state index in [2.05, 4.69) is 13.8 Å². The van der Waals surface area contributed by atoms with E-state index in [0.717, 1.165) is 38.5 Å². The van der Waals surface area contributed by atoms with E-state index in [1.807, 2.05) is 0 Å². The Hall–Kier alpha value is -0.0800. The van der Waals surface area contributed by atoms with E-state index in [4.69, 9.17) is 0 Å². The van der Waals surface area contributed by atoms with Gasteiger partial charge in [0.15, 0.2) is 0 Å². The van der Waals surface area contributed by atoms with Crippen LogP contribution in [0.1, 0.15) is 65.2 Å². The van der Waals surface area contributed by atoms with E-state index < -0.39 is 11.7 Å². The van der Waals surface area contributed by atoms with Gasteiger partial charge in [0.25, 0.3) is 0 Å². The Bertz CT molecular complexity index is 171. The highest BCUT2D eigenvalue weighted by molar-refractivity contribution is 4.90. The molecule has 1 saturated carbocycles. The van der Waals surface area contributed by atoms with Crippen LogP contribution in [-0.4, -0.2) is 21.9 Å². The molecule has 0 aromatic carbocycles. The van der Waals surface area contributed by atoms with Gasteiger partial charge in [0, 0.05) is 0 Å². The minimum atomic E-state index is -0.801. The third-order valence-electron chi connectivity index (χ3n) is 3.80. The molecule has 0 spiro atoms. The maximum Gasteiger partial charge on any atom is 0.0908 e. The van der Waals surface area contributed by atoms with Gasteiger partial charge in [-0.2, -0.15) is 0 Å². The number of rotatable bonds is 4. The van der Waals surface area contributed by atoms with Gasteiger partial charge >= 0.3 is 0 Å². The molecule has 0 aromatic heterocycles. The number of hydrogen-bond donors (Lipinski definition) is 2. The summed E-state index contributed by atoms with van der Waals surface area (Å²) in [4.78, 5) is 0. The highest BCUT2D eigenvalue weighted by Crippen LogP contribution is 2.33. The fourth-order valence-electron chi connectivity index (χ4n) is 2.78. The van der Waals surface area contributed by atoms with Crippen molar-refractivity contribution in [3.8, 4) is 0 Å².